The van der Waals surface area contributed by atoms with Crippen molar-refractivity contribution in [3.8, 4) is 0 Å². The van der Waals surface area contributed by atoms with E-state index in [1.807, 2.05) is 12.1 Å². The minimum Gasteiger partial charge on any atom is -0.372 e. The first-order valence-electron chi connectivity index (χ1n) is 6.16. The zero-order valence-corrected chi connectivity index (χ0v) is 11.1. The molecule has 0 aliphatic carbocycles. The molecule has 0 aromatic heterocycles. The monoisotopic (exact) mass is 269 g/mol. The molecule has 0 unspecified atom stereocenters. The van der Waals surface area contributed by atoms with E-state index >= 15 is 0 Å². The van der Waals surface area contributed by atoms with Crippen molar-refractivity contribution in [3.63, 3.8) is 0 Å². The van der Waals surface area contributed by atoms with Gasteiger partial charge in [0.1, 0.15) is 0 Å². The zero-order valence-electron chi connectivity index (χ0n) is 10.3. The predicted octanol–water partition coefficient (Wildman–Crippen LogP) is 0.987. The van der Waals surface area contributed by atoms with Gasteiger partial charge in [0.05, 0.1) is 5.75 Å². The Kier molecular flexibility index (Phi) is 4.08. The van der Waals surface area contributed by atoms with E-state index in [2.05, 4.69) is 9.62 Å². The molecule has 18 heavy (non-hydrogen) atoms. The molecule has 0 saturated carbocycles. The van der Waals surface area contributed by atoms with Crippen LogP contribution in [0.1, 0.15) is 12.8 Å². The largest absolute Gasteiger partial charge is 0.372 e. The molecular weight excluding hydrogens is 250 g/mol. The van der Waals surface area contributed by atoms with Crippen LogP contribution in [0.4, 0.5) is 11.4 Å². The van der Waals surface area contributed by atoms with Gasteiger partial charge in [-0.25, -0.2) is 8.42 Å². The number of nitrogens with zero attached hydrogens (tertiary/aromatic N) is 1. The van der Waals surface area contributed by atoms with Crippen LogP contribution in [0.5, 0.6) is 0 Å². The molecular formula is C12H19N3O2S. The number of sulfonamides is 1. The molecule has 5 nitrogen and oxygen atoms in total. The topological polar surface area (TPSA) is 75.4 Å². The second-order valence-corrected chi connectivity index (χ2v) is 6.29. The maximum Gasteiger partial charge on any atom is 0.233 e. The lowest BCUT2D eigenvalue weighted by molar-refractivity contribution is 0.601. The molecule has 0 amide bonds. The molecule has 2 rings (SSSR count). The molecule has 1 aliphatic rings. The fourth-order valence-electron chi connectivity index (χ4n) is 2.10. The third kappa shape index (κ3) is 3.36. The van der Waals surface area contributed by atoms with Gasteiger partial charge >= 0.3 is 0 Å². The van der Waals surface area contributed by atoms with Crippen LogP contribution in [0.2, 0.25) is 0 Å². The van der Waals surface area contributed by atoms with Crippen LogP contribution in [0.15, 0.2) is 24.3 Å². The molecule has 1 aliphatic heterocycles. The molecule has 0 spiro atoms. The van der Waals surface area contributed by atoms with Crippen molar-refractivity contribution < 1.29 is 8.42 Å². The molecule has 6 heteroatoms. The van der Waals surface area contributed by atoms with Gasteiger partial charge in [0, 0.05) is 31.0 Å². The van der Waals surface area contributed by atoms with Gasteiger partial charge in [-0.15, -0.1) is 0 Å². The van der Waals surface area contributed by atoms with E-state index in [1.54, 1.807) is 12.1 Å². The van der Waals surface area contributed by atoms with E-state index < -0.39 is 10.0 Å². The number of hydrogen-bond acceptors (Lipinski definition) is 4. The third-order valence-electron chi connectivity index (χ3n) is 3.00. The maximum absolute atomic E-state index is 11.5. The van der Waals surface area contributed by atoms with Gasteiger partial charge in [-0.05, 0) is 37.1 Å². The van der Waals surface area contributed by atoms with Crippen LogP contribution in [-0.4, -0.2) is 33.8 Å². The Bertz CT molecular complexity index is 479. The first kappa shape index (κ1) is 13.2. The van der Waals surface area contributed by atoms with E-state index in [-0.39, 0.29) is 12.3 Å². The summed E-state index contributed by atoms with van der Waals surface area (Å²) in [6.07, 6.45) is 2.45. The molecule has 0 radical (unpaired) electrons. The van der Waals surface area contributed by atoms with Crippen molar-refractivity contribution in [3.05, 3.63) is 24.3 Å². The van der Waals surface area contributed by atoms with Gasteiger partial charge in [-0.1, -0.05) is 0 Å². The van der Waals surface area contributed by atoms with Gasteiger partial charge in [0.25, 0.3) is 0 Å². The van der Waals surface area contributed by atoms with Crippen LogP contribution < -0.4 is 15.4 Å². The summed E-state index contributed by atoms with van der Waals surface area (Å²) in [4.78, 5) is 2.30. The van der Waals surface area contributed by atoms with E-state index in [9.17, 15) is 8.42 Å². The van der Waals surface area contributed by atoms with E-state index in [0.29, 0.717) is 5.69 Å². The molecule has 1 heterocycles. The van der Waals surface area contributed by atoms with Crippen molar-refractivity contribution in [2.24, 2.45) is 5.73 Å². The lowest BCUT2D eigenvalue weighted by atomic mass is 10.2. The molecule has 1 fully saturated rings. The Hall–Kier alpha value is -1.27. The fourth-order valence-corrected chi connectivity index (χ4v) is 3.01. The van der Waals surface area contributed by atoms with Crippen LogP contribution in [0, 0.1) is 0 Å². The second kappa shape index (κ2) is 5.58. The van der Waals surface area contributed by atoms with Gasteiger partial charge in [0.15, 0.2) is 0 Å². The van der Waals surface area contributed by atoms with Crippen molar-refractivity contribution in [1.82, 2.24) is 0 Å². The number of nitrogens with two attached hydrogens (primary N) is 1. The summed E-state index contributed by atoms with van der Waals surface area (Å²) in [7, 11) is -3.31. The Labute approximate surface area is 108 Å². The van der Waals surface area contributed by atoms with E-state index in [1.165, 1.54) is 12.8 Å². The Morgan fingerprint density at radius 3 is 2.33 bits per heavy atom. The first-order chi connectivity index (χ1) is 8.61. The van der Waals surface area contributed by atoms with Gasteiger partial charge < -0.3 is 10.6 Å². The summed E-state index contributed by atoms with van der Waals surface area (Å²) in [5.74, 6) is -0.0547. The SMILES string of the molecule is NCCS(=O)(=O)Nc1ccc(N2CCCC2)cc1. The van der Waals surface area contributed by atoms with E-state index in [0.717, 1.165) is 18.8 Å². The van der Waals surface area contributed by atoms with Crippen molar-refractivity contribution in [2.45, 2.75) is 12.8 Å². The Balaban J connectivity index is 2.03. The lowest BCUT2D eigenvalue weighted by Crippen LogP contribution is -2.22. The minimum atomic E-state index is -3.31. The molecule has 1 aromatic rings. The highest BCUT2D eigenvalue weighted by atomic mass is 32.2. The maximum atomic E-state index is 11.5. The van der Waals surface area contributed by atoms with Gasteiger partial charge in [-0.2, -0.15) is 0 Å². The quantitative estimate of drug-likeness (QED) is 0.836. The standard InChI is InChI=1S/C12H19N3O2S/c13-7-10-18(16,17)14-11-3-5-12(6-4-11)15-8-1-2-9-15/h3-6,14H,1-2,7-10,13H2. The summed E-state index contributed by atoms with van der Waals surface area (Å²) in [5, 5.41) is 0. The number of hydrogen-bond donors (Lipinski definition) is 2. The summed E-state index contributed by atoms with van der Waals surface area (Å²) in [6.45, 7) is 2.29. The fraction of sp³-hybridized carbons (Fsp3) is 0.500. The smallest absolute Gasteiger partial charge is 0.233 e. The van der Waals surface area contributed by atoms with Gasteiger partial charge in [-0.3, -0.25) is 4.72 Å². The summed E-state index contributed by atoms with van der Waals surface area (Å²) < 4.78 is 25.6. The number of rotatable bonds is 5. The Morgan fingerprint density at radius 1 is 1.17 bits per heavy atom. The molecule has 0 atom stereocenters. The zero-order chi connectivity index (χ0) is 13.0. The third-order valence-corrected chi connectivity index (χ3v) is 4.32. The minimum absolute atomic E-state index is 0.0547. The molecule has 3 N–H and O–H groups in total. The van der Waals surface area contributed by atoms with Crippen LogP contribution in [0.3, 0.4) is 0 Å². The van der Waals surface area contributed by atoms with Crippen LogP contribution >= 0.6 is 0 Å². The second-order valence-electron chi connectivity index (χ2n) is 4.45. The molecule has 0 bridgehead atoms. The summed E-state index contributed by atoms with van der Waals surface area (Å²) in [5.41, 5.74) is 6.99. The summed E-state index contributed by atoms with van der Waals surface area (Å²) in [6, 6.07) is 7.49. The molecule has 1 aromatic carbocycles. The van der Waals surface area contributed by atoms with Crippen LogP contribution in [0.25, 0.3) is 0 Å². The van der Waals surface area contributed by atoms with Crippen molar-refractivity contribution in [2.75, 3.05) is 35.0 Å². The highest BCUT2D eigenvalue weighted by molar-refractivity contribution is 7.92. The average molecular weight is 269 g/mol. The molecule has 100 valence electrons. The number of nitrogens with one attached hydrogen (secondary N) is 1. The normalized spacial score (nSPS) is 15.9. The predicted molar refractivity (Wildman–Crippen MR) is 74.4 cm³/mol. The highest BCUT2D eigenvalue weighted by Crippen LogP contribution is 2.22. The lowest BCUT2D eigenvalue weighted by Gasteiger charge is -2.17. The number of anilines is 2. The molecule has 1 saturated heterocycles. The average Bonchev–Trinajstić information content (AvgIpc) is 2.82. The van der Waals surface area contributed by atoms with E-state index in [4.69, 9.17) is 5.73 Å². The summed E-state index contributed by atoms with van der Waals surface area (Å²) >= 11 is 0. The van der Waals surface area contributed by atoms with Crippen molar-refractivity contribution in [1.29, 1.82) is 0 Å². The Morgan fingerprint density at radius 2 is 1.78 bits per heavy atom. The first-order valence-corrected chi connectivity index (χ1v) is 7.81. The van der Waals surface area contributed by atoms with Crippen molar-refractivity contribution >= 4 is 21.4 Å². The van der Waals surface area contributed by atoms with Crippen LogP contribution in [-0.2, 0) is 10.0 Å². The highest BCUT2D eigenvalue weighted by Gasteiger charge is 2.13. The van der Waals surface area contributed by atoms with Gasteiger partial charge in [0.2, 0.25) is 10.0 Å². The number of benzene rings is 1.